The van der Waals surface area contributed by atoms with Crippen molar-refractivity contribution in [1.82, 2.24) is 4.72 Å². The second-order valence-corrected chi connectivity index (χ2v) is 3.65. The molecule has 3 N–H and O–H groups in total. The van der Waals surface area contributed by atoms with E-state index in [2.05, 4.69) is 4.72 Å². The van der Waals surface area contributed by atoms with E-state index >= 15 is 0 Å². The van der Waals surface area contributed by atoms with Gasteiger partial charge in [-0.3, -0.25) is 9.11 Å². The molecule has 8 heavy (non-hydrogen) atoms. The van der Waals surface area contributed by atoms with Crippen LogP contribution in [0.4, 0.5) is 0 Å². The van der Waals surface area contributed by atoms with E-state index in [0.717, 1.165) is 0 Å². The lowest BCUT2D eigenvalue weighted by molar-refractivity contribution is 0.473. The molecule has 52 valence electrons. The number of hydrogen-bond acceptors (Lipinski definition) is 3. The van der Waals surface area contributed by atoms with Crippen molar-refractivity contribution in [3.63, 3.8) is 0 Å². The molecular formula is C4H13NO2S. The van der Waals surface area contributed by atoms with Crippen molar-refractivity contribution in [1.29, 1.82) is 0 Å². The minimum absolute atomic E-state index is 0.390. The first kappa shape index (κ1) is 8.23. The number of nitrogens with one attached hydrogen (secondary N) is 1. The summed E-state index contributed by atoms with van der Waals surface area (Å²) in [6, 6.07) is 0. The summed E-state index contributed by atoms with van der Waals surface area (Å²) in [5, 5.41) is 0. The summed E-state index contributed by atoms with van der Waals surface area (Å²) < 4.78 is 20.3. The molecule has 0 bridgehead atoms. The lowest BCUT2D eigenvalue weighted by Gasteiger charge is -2.30. The van der Waals surface area contributed by atoms with Crippen molar-refractivity contribution in [3.05, 3.63) is 0 Å². The molecule has 0 aromatic heterocycles. The summed E-state index contributed by atoms with van der Waals surface area (Å²) >= 11 is 0. The summed E-state index contributed by atoms with van der Waals surface area (Å²) in [5.41, 5.74) is 0. The Bertz CT molecular complexity index is 67.1. The molecular weight excluding hydrogens is 126 g/mol. The molecule has 0 radical (unpaired) electrons. The Morgan fingerprint density at radius 3 is 2.00 bits per heavy atom. The van der Waals surface area contributed by atoms with Gasteiger partial charge < -0.3 is 0 Å². The van der Waals surface area contributed by atoms with Crippen LogP contribution in [0, 0.1) is 0 Å². The van der Waals surface area contributed by atoms with Gasteiger partial charge in [-0.05, 0) is 6.92 Å². The van der Waals surface area contributed by atoms with Crippen LogP contribution in [0.25, 0.3) is 0 Å². The molecule has 0 aliphatic rings. The lowest BCUT2D eigenvalue weighted by Crippen LogP contribution is -2.20. The Morgan fingerprint density at radius 1 is 1.38 bits per heavy atom. The van der Waals surface area contributed by atoms with Crippen molar-refractivity contribution in [2.45, 2.75) is 13.8 Å². The summed E-state index contributed by atoms with van der Waals surface area (Å²) in [6.07, 6.45) is 0. The lowest BCUT2D eigenvalue weighted by atomic mass is 10.8. The van der Waals surface area contributed by atoms with Gasteiger partial charge in [-0.15, -0.1) is 10.8 Å². The van der Waals surface area contributed by atoms with Crippen LogP contribution >= 0.6 is 10.8 Å². The molecule has 0 fully saturated rings. The maximum Gasteiger partial charge on any atom is 0.0499 e. The van der Waals surface area contributed by atoms with Crippen molar-refractivity contribution < 1.29 is 9.11 Å². The molecule has 0 atom stereocenters. The maximum absolute atomic E-state index is 8.85. The zero-order chi connectivity index (χ0) is 6.62. The van der Waals surface area contributed by atoms with E-state index in [1.54, 1.807) is 6.92 Å². The topological polar surface area (TPSA) is 52.5 Å². The Morgan fingerprint density at radius 2 is 1.88 bits per heavy atom. The molecule has 4 heteroatoms. The van der Waals surface area contributed by atoms with Crippen LogP contribution < -0.4 is 4.72 Å². The first-order valence-corrected chi connectivity index (χ1v) is 4.34. The molecule has 0 unspecified atom stereocenters. The quantitative estimate of drug-likeness (QED) is 0.552. The van der Waals surface area contributed by atoms with E-state index in [1.165, 1.54) is 0 Å². The molecule has 0 spiro atoms. The fourth-order valence-corrected chi connectivity index (χ4v) is 1.000. The second-order valence-electron chi connectivity index (χ2n) is 1.45. The van der Waals surface area contributed by atoms with Crippen LogP contribution in [-0.2, 0) is 0 Å². The second kappa shape index (κ2) is 3.29. The third kappa shape index (κ3) is 3.26. The maximum atomic E-state index is 8.85. The predicted molar refractivity (Wildman–Crippen MR) is 37.1 cm³/mol. The van der Waals surface area contributed by atoms with Gasteiger partial charge in [-0.25, -0.2) is 4.72 Å². The van der Waals surface area contributed by atoms with Crippen LogP contribution in [0.5, 0.6) is 0 Å². The Balaban J connectivity index is 3.37. The van der Waals surface area contributed by atoms with Crippen molar-refractivity contribution in [2.75, 3.05) is 12.3 Å². The van der Waals surface area contributed by atoms with Gasteiger partial charge in [0.2, 0.25) is 0 Å². The monoisotopic (exact) mass is 139 g/mol. The summed E-state index contributed by atoms with van der Waals surface area (Å²) in [6.45, 7) is 4.18. The zero-order valence-electron chi connectivity index (χ0n) is 5.22. The highest BCUT2D eigenvalue weighted by molar-refractivity contribution is 8.22. The normalized spacial score (nSPS) is 14.0. The highest BCUT2D eigenvalue weighted by atomic mass is 32.3. The van der Waals surface area contributed by atoms with Crippen LogP contribution in [0.3, 0.4) is 0 Å². The molecule has 0 heterocycles. The molecule has 0 rings (SSSR count). The van der Waals surface area contributed by atoms with Crippen LogP contribution in [0.1, 0.15) is 13.8 Å². The molecule has 0 aliphatic carbocycles. The van der Waals surface area contributed by atoms with Gasteiger partial charge in [0.15, 0.2) is 0 Å². The van der Waals surface area contributed by atoms with Crippen molar-refractivity contribution in [2.24, 2.45) is 0 Å². The summed E-state index contributed by atoms with van der Waals surface area (Å²) in [4.78, 5) is 0. The van der Waals surface area contributed by atoms with E-state index in [-0.39, 0.29) is 0 Å². The van der Waals surface area contributed by atoms with Crippen molar-refractivity contribution >= 4 is 10.8 Å². The highest BCUT2D eigenvalue weighted by Gasteiger charge is 2.03. The van der Waals surface area contributed by atoms with E-state index in [0.29, 0.717) is 12.3 Å². The van der Waals surface area contributed by atoms with Gasteiger partial charge in [0, 0.05) is 12.3 Å². The number of hydrogen-bond donors (Lipinski definition) is 3. The molecule has 0 aromatic rings. The standard InChI is InChI=1S/C4H13NO2S/c1-3-5-8(6,7)4-2/h5-7H,3-4H2,1-2H3. The first-order valence-electron chi connectivity index (χ1n) is 2.63. The number of rotatable bonds is 3. The van der Waals surface area contributed by atoms with Gasteiger partial charge in [0.25, 0.3) is 0 Å². The van der Waals surface area contributed by atoms with Crippen LogP contribution in [-0.4, -0.2) is 21.4 Å². The molecule has 0 saturated carbocycles. The first-order chi connectivity index (χ1) is 3.62. The fraction of sp³-hybridized carbons (Fsp3) is 1.00. The highest BCUT2D eigenvalue weighted by Crippen LogP contribution is 2.31. The minimum Gasteiger partial charge on any atom is -0.286 e. The van der Waals surface area contributed by atoms with Gasteiger partial charge >= 0.3 is 0 Å². The van der Waals surface area contributed by atoms with Crippen LogP contribution in [0.15, 0.2) is 0 Å². The Hall–Kier alpha value is 0.230. The van der Waals surface area contributed by atoms with Crippen LogP contribution in [0.2, 0.25) is 0 Å². The summed E-state index contributed by atoms with van der Waals surface area (Å²) in [5.74, 6) is 0.390. The SMILES string of the molecule is CCNS(O)(O)CC. The average Bonchev–Trinajstić information content (AvgIpc) is 1.67. The Kier molecular flexibility index (Phi) is 3.39. The molecule has 3 nitrogen and oxygen atoms in total. The van der Waals surface area contributed by atoms with Gasteiger partial charge in [-0.1, -0.05) is 6.92 Å². The molecule has 0 aromatic carbocycles. The minimum atomic E-state index is -2.42. The molecule has 0 aliphatic heterocycles. The van der Waals surface area contributed by atoms with Gasteiger partial charge in [-0.2, -0.15) is 0 Å². The fourth-order valence-electron chi connectivity index (χ4n) is 0.333. The van der Waals surface area contributed by atoms with E-state index < -0.39 is 10.8 Å². The smallest absolute Gasteiger partial charge is 0.0499 e. The third-order valence-electron chi connectivity index (χ3n) is 0.778. The third-order valence-corrected chi connectivity index (χ3v) is 2.33. The van der Waals surface area contributed by atoms with Gasteiger partial charge in [0.05, 0.1) is 0 Å². The summed E-state index contributed by atoms with van der Waals surface area (Å²) in [7, 11) is -2.42. The average molecular weight is 139 g/mol. The molecule has 0 amide bonds. The van der Waals surface area contributed by atoms with Gasteiger partial charge in [0.1, 0.15) is 0 Å². The molecule has 0 saturated heterocycles. The van der Waals surface area contributed by atoms with E-state index in [9.17, 15) is 0 Å². The van der Waals surface area contributed by atoms with E-state index in [1.807, 2.05) is 6.92 Å². The largest absolute Gasteiger partial charge is 0.286 e. The van der Waals surface area contributed by atoms with E-state index in [4.69, 9.17) is 9.11 Å². The predicted octanol–water partition coefficient (Wildman–Crippen LogP) is 1.28. The zero-order valence-corrected chi connectivity index (χ0v) is 6.03. The Labute approximate surface area is 51.6 Å². The van der Waals surface area contributed by atoms with Crippen molar-refractivity contribution in [3.8, 4) is 0 Å².